The number of nitrogens with zero attached hydrogens (tertiary/aromatic N) is 2. The van der Waals surface area contributed by atoms with Gasteiger partial charge in [-0.1, -0.05) is 6.92 Å². The molecule has 5 heteroatoms. The highest BCUT2D eigenvalue weighted by atomic mass is 16.4. The van der Waals surface area contributed by atoms with Crippen molar-refractivity contribution >= 4 is 5.97 Å². The number of carboxylic acid groups (broad SMARTS) is 1. The Morgan fingerprint density at radius 2 is 2.10 bits per heavy atom. The molecule has 0 unspecified atom stereocenters. The van der Waals surface area contributed by atoms with Gasteiger partial charge in [0.15, 0.2) is 0 Å². The first-order valence-corrected chi connectivity index (χ1v) is 7.65. The van der Waals surface area contributed by atoms with E-state index in [-0.39, 0.29) is 5.92 Å². The van der Waals surface area contributed by atoms with E-state index in [4.69, 9.17) is 5.11 Å². The number of aromatic nitrogens is 2. The van der Waals surface area contributed by atoms with E-state index in [2.05, 4.69) is 35.0 Å². The Balaban J connectivity index is 1.84. The van der Waals surface area contributed by atoms with Crippen molar-refractivity contribution in [1.29, 1.82) is 0 Å². The highest BCUT2D eigenvalue weighted by molar-refractivity contribution is 5.70. The van der Waals surface area contributed by atoms with Crippen molar-refractivity contribution < 1.29 is 9.90 Å². The lowest BCUT2D eigenvalue weighted by Crippen LogP contribution is -2.35. The van der Waals surface area contributed by atoms with Gasteiger partial charge in [0.1, 0.15) is 0 Å². The molecule has 0 saturated heterocycles. The molecular formula is C15H25N3O2. The second kappa shape index (κ2) is 6.88. The predicted octanol–water partition coefficient (Wildman–Crippen LogP) is 2.20. The van der Waals surface area contributed by atoms with Crippen LogP contribution in [0.4, 0.5) is 0 Å². The van der Waals surface area contributed by atoms with Crippen LogP contribution in [0.5, 0.6) is 0 Å². The first-order chi connectivity index (χ1) is 9.63. The van der Waals surface area contributed by atoms with Crippen LogP contribution in [-0.2, 0) is 24.3 Å². The Kier molecular flexibility index (Phi) is 5.17. The van der Waals surface area contributed by atoms with Gasteiger partial charge >= 0.3 is 5.97 Å². The van der Waals surface area contributed by atoms with E-state index in [0.29, 0.717) is 6.04 Å². The number of aliphatic carboxylic acids is 1. The van der Waals surface area contributed by atoms with Crippen LogP contribution in [-0.4, -0.2) is 26.9 Å². The fraction of sp³-hybridized carbons (Fsp3) is 0.733. The maximum atomic E-state index is 10.9. The van der Waals surface area contributed by atoms with Gasteiger partial charge in [0.25, 0.3) is 0 Å². The Morgan fingerprint density at radius 1 is 1.40 bits per heavy atom. The molecule has 0 spiro atoms. The summed E-state index contributed by atoms with van der Waals surface area (Å²) in [4.78, 5) is 10.9. The smallest absolute Gasteiger partial charge is 0.306 e. The number of aryl methyl sites for hydroxylation is 2. The van der Waals surface area contributed by atoms with Crippen LogP contribution >= 0.6 is 0 Å². The lowest BCUT2D eigenvalue weighted by atomic mass is 9.86. The van der Waals surface area contributed by atoms with E-state index in [0.717, 1.165) is 50.9 Å². The molecule has 1 aliphatic carbocycles. The molecule has 2 N–H and O–H groups in total. The highest BCUT2D eigenvalue weighted by Gasteiger charge is 2.25. The third-order valence-corrected chi connectivity index (χ3v) is 4.22. The third-order valence-electron chi connectivity index (χ3n) is 4.22. The molecule has 2 rings (SSSR count). The Labute approximate surface area is 120 Å². The lowest BCUT2D eigenvalue weighted by Gasteiger charge is -2.27. The number of carboxylic acids is 1. The third kappa shape index (κ3) is 3.60. The minimum atomic E-state index is -0.639. The molecule has 112 valence electrons. The monoisotopic (exact) mass is 279 g/mol. The molecule has 20 heavy (non-hydrogen) atoms. The highest BCUT2D eigenvalue weighted by Crippen LogP contribution is 2.24. The molecule has 0 amide bonds. The minimum absolute atomic E-state index is 0.138. The molecule has 0 aliphatic heterocycles. The van der Waals surface area contributed by atoms with Crippen LogP contribution in [0.3, 0.4) is 0 Å². The molecule has 5 nitrogen and oxygen atoms in total. The number of nitrogens with one attached hydrogen (secondary N) is 1. The summed E-state index contributed by atoms with van der Waals surface area (Å²) in [6.07, 6.45) is 4.46. The van der Waals surface area contributed by atoms with Gasteiger partial charge in [-0.05, 0) is 45.1 Å². The SMILES string of the molecule is CCc1cc(CNC2CCC(C(=O)O)CC2)n(CC)n1. The lowest BCUT2D eigenvalue weighted by molar-refractivity contribution is -0.142. The molecule has 1 aromatic rings. The maximum absolute atomic E-state index is 10.9. The zero-order valence-electron chi connectivity index (χ0n) is 12.4. The van der Waals surface area contributed by atoms with E-state index in [1.54, 1.807) is 0 Å². The van der Waals surface area contributed by atoms with Crippen molar-refractivity contribution in [2.24, 2.45) is 5.92 Å². The van der Waals surface area contributed by atoms with Gasteiger partial charge in [-0.25, -0.2) is 0 Å². The molecule has 0 bridgehead atoms. The minimum Gasteiger partial charge on any atom is -0.481 e. The number of rotatable bonds is 6. The first kappa shape index (κ1) is 15.0. The van der Waals surface area contributed by atoms with Crippen molar-refractivity contribution in [2.75, 3.05) is 0 Å². The van der Waals surface area contributed by atoms with E-state index in [1.807, 2.05) is 0 Å². The van der Waals surface area contributed by atoms with Gasteiger partial charge in [0.05, 0.1) is 17.3 Å². The largest absolute Gasteiger partial charge is 0.481 e. The average molecular weight is 279 g/mol. The molecule has 1 aliphatic rings. The Morgan fingerprint density at radius 3 is 2.65 bits per heavy atom. The second-order valence-corrected chi connectivity index (χ2v) is 5.56. The Hall–Kier alpha value is -1.36. The molecule has 0 radical (unpaired) electrons. The molecule has 0 atom stereocenters. The van der Waals surface area contributed by atoms with Crippen molar-refractivity contribution in [1.82, 2.24) is 15.1 Å². The van der Waals surface area contributed by atoms with Gasteiger partial charge in [0, 0.05) is 19.1 Å². The van der Waals surface area contributed by atoms with Crippen LogP contribution in [0.15, 0.2) is 6.07 Å². The van der Waals surface area contributed by atoms with Crippen molar-refractivity contribution in [3.05, 3.63) is 17.5 Å². The normalized spacial score (nSPS) is 22.9. The van der Waals surface area contributed by atoms with Gasteiger partial charge in [-0.3, -0.25) is 9.48 Å². The quantitative estimate of drug-likeness (QED) is 0.837. The van der Waals surface area contributed by atoms with Crippen molar-refractivity contribution in [3.8, 4) is 0 Å². The molecule has 1 aromatic heterocycles. The van der Waals surface area contributed by atoms with Gasteiger partial charge < -0.3 is 10.4 Å². The van der Waals surface area contributed by atoms with Crippen LogP contribution in [0.2, 0.25) is 0 Å². The zero-order valence-corrected chi connectivity index (χ0v) is 12.4. The molecule has 1 fully saturated rings. The number of hydrogen-bond acceptors (Lipinski definition) is 3. The van der Waals surface area contributed by atoms with Gasteiger partial charge in [-0.15, -0.1) is 0 Å². The Bertz CT molecular complexity index is 448. The standard InChI is InChI=1S/C15H25N3O2/c1-3-12-9-14(18(4-2)17-12)10-16-13-7-5-11(6-8-13)15(19)20/h9,11,13,16H,3-8,10H2,1-2H3,(H,19,20). The van der Waals surface area contributed by atoms with Gasteiger partial charge in [0.2, 0.25) is 0 Å². The van der Waals surface area contributed by atoms with E-state index in [1.165, 1.54) is 5.69 Å². The maximum Gasteiger partial charge on any atom is 0.306 e. The van der Waals surface area contributed by atoms with Gasteiger partial charge in [-0.2, -0.15) is 5.10 Å². The fourth-order valence-corrected chi connectivity index (χ4v) is 2.90. The topological polar surface area (TPSA) is 67.2 Å². The second-order valence-electron chi connectivity index (χ2n) is 5.56. The van der Waals surface area contributed by atoms with Crippen LogP contribution in [0, 0.1) is 5.92 Å². The van der Waals surface area contributed by atoms with Crippen LogP contribution in [0.1, 0.15) is 50.9 Å². The summed E-state index contributed by atoms with van der Waals surface area (Å²) in [5.74, 6) is -0.777. The summed E-state index contributed by atoms with van der Waals surface area (Å²) in [6.45, 7) is 5.94. The summed E-state index contributed by atoms with van der Waals surface area (Å²) >= 11 is 0. The molecule has 0 aromatic carbocycles. The summed E-state index contributed by atoms with van der Waals surface area (Å²) in [7, 11) is 0. The first-order valence-electron chi connectivity index (χ1n) is 7.65. The molecule has 1 heterocycles. The summed E-state index contributed by atoms with van der Waals surface area (Å²) in [5, 5.41) is 17.1. The number of hydrogen-bond donors (Lipinski definition) is 2. The molecular weight excluding hydrogens is 254 g/mol. The summed E-state index contributed by atoms with van der Waals surface area (Å²) in [5.41, 5.74) is 2.36. The van der Waals surface area contributed by atoms with E-state index in [9.17, 15) is 4.79 Å². The number of carbonyl (C=O) groups is 1. The molecule has 1 saturated carbocycles. The zero-order chi connectivity index (χ0) is 14.5. The average Bonchev–Trinajstić information content (AvgIpc) is 2.88. The fourth-order valence-electron chi connectivity index (χ4n) is 2.90. The summed E-state index contributed by atoms with van der Waals surface area (Å²) in [6, 6.07) is 2.61. The summed E-state index contributed by atoms with van der Waals surface area (Å²) < 4.78 is 2.05. The van der Waals surface area contributed by atoms with Crippen LogP contribution in [0.25, 0.3) is 0 Å². The predicted molar refractivity (Wildman–Crippen MR) is 77.5 cm³/mol. The van der Waals surface area contributed by atoms with E-state index >= 15 is 0 Å². The van der Waals surface area contributed by atoms with Crippen molar-refractivity contribution in [2.45, 2.75) is 65.1 Å². The van der Waals surface area contributed by atoms with Crippen LogP contribution < -0.4 is 5.32 Å². The van der Waals surface area contributed by atoms with E-state index < -0.39 is 5.97 Å². The van der Waals surface area contributed by atoms with Crippen molar-refractivity contribution in [3.63, 3.8) is 0 Å².